The monoisotopic (exact) mass is 207 g/mol. The van der Waals surface area contributed by atoms with E-state index in [-0.39, 0.29) is 0 Å². The van der Waals surface area contributed by atoms with Gasteiger partial charge in [-0.15, -0.1) is 6.42 Å². The number of hydrogen-bond acceptors (Lipinski definition) is 1. The van der Waals surface area contributed by atoms with Gasteiger partial charge in [0.1, 0.15) is 5.69 Å². The molecule has 0 aliphatic heterocycles. The second-order valence-electron chi connectivity index (χ2n) is 3.64. The van der Waals surface area contributed by atoms with Gasteiger partial charge in [-0.05, 0) is 36.0 Å². The molecule has 1 nitrogen and oxygen atoms in total. The van der Waals surface area contributed by atoms with Crippen LogP contribution in [-0.4, -0.2) is 4.98 Å². The smallest absolute Gasteiger partial charge is 0.116 e. The number of benzene rings is 1. The summed E-state index contributed by atoms with van der Waals surface area (Å²) in [4.78, 5) is 4.17. The third-order valence-corrected chi connectivity index (χ3v) is 2.55. The van der Waals surface area contributed by atoms with Crippen LogP contribution in [0.1, 0.15) is 16.8 Å². The fourth-order valence-corrected chi connectivity index (χ4v) is 1.69. The van der Waals surface area contributed by atoms with Crippen molar-refractivity contribution < 1.29 is 0 Å². The molecular weight excluding hydrogens is 194 g/mol. The lowest BCUT2D eigenvalue weighted by atomic mass is 10.0. The summed E-state index contributed by atoms with van der Waals surface area (Å²) in [5.41, 5.74) is 3.24. The van der Waals surface area contributed by atoms with Gasteiger partial charge >= 0.3 is 0 Å². The van der Waals surface area contributed by atoms with E-state index >= 15 is 0 Å². The predicted molar refractivity (Wildman–Crippen MR) is 66.0 cm³/mol. The van der Waals surface area contributed by atoms with Crippen molar-refractivity contribution in [2.24, 2.45) is 0 Å². The van der Waals surface area contributed by atoms with Crippen LogP contribution in [0.3, 0.4) is 0 Å². The highest BCUT2D eigenvalue weighted by Gasteiger charge is 2.00. The Morgan fingerprint density at radius 3 is 2.56 bits per heavy atom. The third-order valence-electron chi connectivity index (χ3n) is 2.55. The Morgan fingerprint density at radius 1 is 1.00 bits per heavy atom. The highest BCUT2D eigenvalue weighted by molar-refractivity contribution is 5.34. The first kappa shape index (κ1) is 10.4. The molecule has 0 spiro atoms. The maximum absolute atomic E-state index is 5.41. The fraction of sp³-hybridized carbons (Fsp3) is 0.133. The van der Waals surface area contributed by atoms with Crippen LogP contribution in [0.25, 0.3) is 0 Å². The van der Waals surface area contributed by atoms with Crippen molar-refractivity contribution in [1.82, 2.24) is 4.98 Å². The molecule has 1 heterocycles. The number of aromatic nitrogens is 1. The van der Waals surface area contributed by atoms with Crippen LogP contribution >= 0.6 is 0 Å². The van der Waals surface area contributed by atoms with Gasteiger partial charge in [0.05, 0.1) is 0 Å². The molecule has 0 atom stereocenters. The van der Waals surface area contributed by atoms with E-state index < -0.39 is 0 Å². The lowest BCUT2D eigenvalue weighted by Gasteiger charge is -2.03. The summed E-state index contributed by atoms with van der Waals surface area (Å²) < 4.78 is 0. The van der Waals surface area contributed by atoms with Gasteiger partial charge < -0.3 is 0 Å². The first-order chi connectivity index (χ1) is 7.90. The normalized spacial score (nSPS) is 9.69. The molecule has 0 aliphatic carbocycles. The van der Waals surface area contributed by atoms with Crippen molar-refractivity contribution in [3.63, 3.8) is 0 Å². The summed E-state index contributed by atoms with van der Waals surface area (Å²) in [5, 5.41) is 0. The van der Waals surface area contributed by atoms with Crippen molar-refractivity contribution in [1.29, 1.82) is 0 Å². The van der Waals surface area contributed by atoms with Gasteiger partial charge in [-0.3, -0.25) is 0 Å². The van der Waals surface area contributed by atoms with E-state index in [9.17, 15) is 0 Å². The number of hydrogen-bond donors (Lipinski definition) is 0. The molecular formula is C15H13N. The van der Waals surface area contributed by atoms with Gasteiger partial charge in [-0.2, -0.15) is 0 Å². The molecule has 0 saturated carbocycles. The molecule has 0 amide bonds. The van der Waals surface area contributed by atoms with Gasteiger partial charge in [0.15, 0.2) is 0 Å². The highest BCUT2D eigenvalue weighted by atomic mass is 14.7. The second kappa shape index (κ2) is 5.14. The Kier molecular flexibility index (Phi) is 3.35. The molecule has 2 aromatic rings. The molecule has 2 rings (SSSR count). The summed E-state index contributed by atoms with van der Waals surface area (Å²) in [6.45, 7) is 0. The quantitative estimate of drug-likeness (QED) is 0.705. The van der Waals surface area contributed by atoms with Crippen molar-refractivity contribution in [2.45, 2.75) is 12.8 Å². The Bertz CT molecular complexity index is 494. The number of nitrogens with zero attached hydrogens (tertiary/aromatic N) is 1. The van der Waals surface area contributed by atoms with E-state index in [1.807, 2.05) is 18.2 Å². The van der Waals surface area contributed by atoms with E-state index in [2.05, 4.69) is 35.2 Å². The molecule has 1 aromatic heterocycles. The van der Waals surface area contributed by atoms with Crippen molar-refractivity contribution in [3.05, 3.63) is 65.5 Å². The van der Waals surface area contributed by atoms with Crippen LogP contribution in [-0.2, 0) is 12.8 Å². The molecule has 0 bridgehead atoms. The minimum Gasteiger partial charge on any atom is -0.248 e. The number of pyridine rings is 1. The zero-order valence-electron chi connectivity index (χ0n) is 9.06. The zero-order valence-corrected chi connectivity index (χ0v) is 9.06. The van der Waals surface area contributed by atoms with Crippen LogP contribution in [0.4, 0.5) is 0 Å². The molecule has 1 aromatic carbocycles. The summed E-state index contributed by atoms with van der Waals surface area (Å²) >= 11 is 0. The Hall–Kier alpha value is -2.07. The van der Waals surface area contributed by atoms with Crippen LogP contribution in [0.15, 0.2) is 48.7 Å². The van der Waals surface area contributed by atoms with Gasteiger partial charge in [-0.1, -0.05) is 36.4 Å². The highest BCUT2D eigenvalue weighted by Crippen LogP contribution is 2.09. The summed E-state index contributed by atoms with van der Waals surface area (Å²) in [6, 6.07) is 14.4. The molecule has 0 radical (unpaired) electrons. The maximum Gasteiger partial charge on any atom is 0.116 e. The molecule has 0 fully saturated rings. The van der Waals surface area contributed by atoms with Crippen molar-refractivity contribution in [2.75, 3.05) is 0 Å². The largest absolute Gasteiger partial charge is 0.248 e. The molecule has 78 valence electrons. The summed E-state index contributed by atoms with van der Waals surface area (Å²) in [6.07, 6.45) is 9.09. The van der Waals surface area contributed by atoms with E-state index in [4.69, 9.17) is 6.42 Å². The zero-order chi connectivity index (χ0) is 11.2. The average molecular weight is 207 g/mol. The van der Waals surface area contributed by atoms with Gasteiger partial charge in [0, 0.05) is 6.20 Å². The van der Waals surface area contributed by atoms with Gasteiger partial charge in [-0.25, -0.2) is 4.98 Å². The van der Waals surface area contributed by atoms with Crippen LogP contribution in [0, 0.1) is 12.3 Å². The number of rotatable bonds is 3. The first-order valence-electron chi connectivity index (χ1n) is 5.34. The van der Waals surface area contributed by atoms with Gasteiger partial charge in [0.2, 0.25) is 0 Å². The van der Waals surface area contributed by atoms with Crippen molar-refractivity contribution in [3.8, 4) is 12.3 Å². The minimum absolute atomic E-state index is 0.762. The molecule has 0 saturated heterocycles. The Morgan fingerprint density at radius 2 is 1.81 bits per heavy atom. The summed E-state index contributed by atoms with van der Waals surface area (Å²) in [5.74, 6) is 2.62. The third kappa shape index (κ3) is 2.49. The van der Waals surface area contributed by atoms with Gasteiger partial charge in [0.25, 0.3) is 0 Å². The number of aryl methyl sites for hydroxylation is 2. The van der Waals surface area contributed by atoms with Crippen molar-refractivity contribution >= 4 is 0 Å². The summed E-state index contributed by atoms with van der Waals surface area (Å²) in [7, 11) is 0. The SMILES string of the molecule is C#Cc1ncccc1CCc1ccccc1. The van der Waals surface area contributed by atoms with Crippen LogP contribution in [0.5, 0.6) is 0 Å². The van der Waals surface area contributed by atoms with E-state index in [0.717, 1.165) is 24.1 Å². The average Bonchev–Trinajstić information content (AvgIpc) is 2.38. The van der Waals surface area contributed by atoms with E-state index in [1.54, 1.807) is 6.20 Å². The molecule has 16 heavy (non-hydrogen) atoms. The molecule has 1 heteroatoms. The van der Waals surface area contributed by atoms with Crippen LogP contribution in [0.2, 0.25) is 0 Å². The lowest BCUT2D eigenvalue weighted by Crippen LogP contribution is -1.96. The molecule has 0 unspecified atom stereocenters. The first-order valence-corrected chi connectivity index (χ1v) is 5.34. The fourth-order valence-electron chi connectivity index (χ4n) is 1.69. The minimum atomic E-state index is 0.762. The topological polar surface area (TPSA) is 12.9 Å². The molecule has 0 aliphatic rings. The predicted octanol–water partition coefficient (Wildman–Crippen LogP) is 2.85. The Labute approximate surface area is 96.2 Å². The van der Waals surface area contributed by atoms with E-state index in [1.165, 1.54) is 5.56 Å². The lowest BCUT2D eigenvalue weighted by molar-refractivity contribution is 0.944. The Balaban J connectivity index is 2.09. The van der Waals surface area contributed by atoms with E-state index in [0.29, 0.717) is 0 Å². The maximum atomic E-state index is 5.41. The second-order valence-corrected chi connectivity index (χ2v) is 3.64. The molecule has 0 N–H and O–H groups in total. The number of terminal acetylenes is 1. The van der Waals surface area contributed by atoms with Crippen LogP contribution < -0.4 is 0 Å². The standard InChI is InChI=1S/C15H13N/c1-2-15-14(9-6-12-16-15)11-10-13-7-4-3-5-8-13/h1,3-9,12H,10-11H2.